The molecule has 1 atom stereocenters. The third kappa shape index (κ3) is 2.76. The third-order valence-corrected chi connectivity index (χ3v) is 4.61. The number of carbonyl (C=O) groups excluding carboxylic acids is 2. The highest BCUT2D eigenvalue weighted by atomic mass is 35.5. The fourth-order valence-corrected chi connectivity index (χ4v) is 3.26. The number of anilines is 1. The highest BCUT2D eigenvalue weighted by molar-refractivity contribution is 6.31. The minimum atomic E-state index is -0.392. The second-order valence-electron chi connectivity index (χ2n) is 6.01. The summed E-state index contributed by atoms with van der Waals surface area (Å²) in [6.45, 7) is 1.85. The van der Waals surface area contributed by atoms with Gasteiger partial charge in [0, 0.05) is 27.7 Å². The number of ether oxygens (including phenoxy) is 1. The number of benzene rings is 2. The van der Waals surface area contributed by atoms with Crippen LogP contribution in [0.15, 0.2) is 48.7 Å². The number of fused-ring (bicyclic) bond motifs is 2. The van der Waals surface area contributed by atoms with Crippen molar-refractivity contribution < 1.29 is 14.3 Å². The number of ketones is 1. The number of nitrogens with zero attached hydrogens (tertiary/aromatic N) is 1. The molecule has 0 aliphatic carbocycles. The van der Waals surface area contributed by atoms with Crippen LogP contribution in [0, 0.1) is 0 Å². The molecule has 4 rings (SSSR count). The van der Waals surface area contributed by atoms with Crippen molar-refractivity contribution in [1.82, 2.24) is 4.57 Å². The summed E-state index contributed by atoms with van der Waals surface area (Å²) in [5, 5.41) is 4.37. The van der Waals surface area contributed by atoms with Gasteiger partial charge < -0.3 is 14.6 Å². The molecule has 0 bridgehead atoms. The minimum Gasteiger partial charge on any atom is -0.482 e. The summed E-state index contributed by atoms with van der Waals surface area (Å²) in [5.41, 5.74) is 1.99. The van der Waals surface area contributed by atoms with Crippen LogP contribution in [0.5, 0.6) is 5.75 Å². The molecule has 1 aliphatic rings. The predicted molar refractivity (Wildman–Crippen MR) is 96.6 cm³/mol. The molecule has 3 aromatic rings. The molecule has 0 saturated heterocycles. The number of carbonyl (C=O) groups is 2. The summed E-state index contributed by atoms with van der Waals surface area (Å²) in [6, 6.07) is 12.2. The average Bonchev–Trinajstić information content (AvgIpc) is 3.02. The molecule has 2 aromatic carbocycles. The van der Waals surface area contributed by atoms with Gasteiger partial charge in [-0.1, -0.05) is 11.6 Å². The van der Waals surface area contributed by atoms with Crippen molar-refractivity contribution in [3.8, 4) is 5.75 Å². The van der Waals surface area contributed by atoms with Crippen LogP contribution < -0.4 is 10.1 Å². The molecule has 126 valence electrons. The molecule has 1 N–H and O–H groups in total. The van der Waals surface area contributed by atoms with Gasteiger partial charge in [0.2, 0.25) is 0 Å². The van der Waals surface area contributed by atoms with Crippen LogP contribution in [0.3, 0.4) is 0 Å². The van der Waals surface area contributed by atoms with E-state index in [4.69, 9.17) is 16.3 Å². The zero-order chi connectivity index (χ0) is 17.6. The van der Waals surface area contributed by atoms with E-state index in [2.05, 4.69) is 5.32 Å². The van der Waals surface area contributed by atoms with Crippen molar-refractivity contribution in [1.29, 1.82) is 0 Å². The standard InChI is InChI=1S/C19H15ClN2O3/c1-11(22-7-6-12-8-14(20)3-4-16(12)22)19(24)13-2-5-17-15(9-13)21-18(23)10-25-17/h2-9,11H,10H2,1H3,(H,21,23). The average molecular weight is 355 g/mol. The number of amides is 1. The molecular formula is C19H15ClN2O3. The number of rotatable bonds is 3. The van der Waals surface area contributed by atoms with Crippen LogP contribution in [-0.2, 0) is 4.79 Å². The lowest BCUT2D eigenvalue weighted by molar-refractivity contribution is -0.118. The van der Waals surface area contributed by atoms with E-state index in [1.54, 1.807) is 18.2 Å². The van der Waals surface area contributed by atoms with Crippen LogP contribution in [0.1, 0.15) is 23.3 Å². The first-order valence-electron chi connectivity index (χ1n) is 7.90. The highest BCUT2D eigenvalue weighted by Crippen LogP contribution is 2.31. The topological polar surface area (TPSA) is 60.3 Å². The summed E-state index contributed by atoms with van der Waals surface area (Å²) in [5.74, 6) is 0.304. The summed E-state index contributed by atoms with van der Waals surface area (Å²) < 4.78 is 7.25. The zero-order valence-corrected chi connectivity index (χ0v) is 14.2. The van der Waals surface area contributed by atoms with Crippen molar-refractivity contribution in [3.05, 3.63) is 59.2 Å². The summed E-state index contributed by atoms with van der Waals surface area (Å²) >= 11 is 6.02. The van der Waals surface area contributed by atoms with Gasteiger partial charge in [-0.05, 0) is 49.4 Å². The van der Waals surface area contributed by atoms with E-state index in [0.29, 0.717) is 22.0 Å². The lowest BCUT2D eigenvalue weighted by Gasteiger charge is -2.19. The molecule has 1 unspecified atom stereocenters. The van der Waals surface area contributed by atoms with Gasteiger partial charge in [-0.25, -0.2) is 0 Å². The van der Waals surface area contributed by atoms with E-state index in [1.165, 1.54) is 0 Å². The van der Waals surface area contributed by atoms with E-state index in [-0.39, 0.29) is 18.3 Å². The normalized spacial score (nSPS) is 14.6. The van der Waals surface area contributed by atoms with Gasteiger partial charge in [0.15, 0.2) is 12.4 Å². The molecule has 5 nitrogen and oxygen atoms in total. The SMILES string of the molecule is CC(C(=O)c1ccc2c(c1)NC(=O)CO2)n1ccc2cc(Cl)ccc21. The molecule has 2 heterocycles. The van der Waals surface area contributed by atoms with Gasteiger partial charge in [-0.15, -0.1) is 0 Å². The lowest BCUT2D eigenvalue weighted by atomic mass is 10.0. The Hall–Kier alpha value is -2.79. The van der Waals surface area contributed by atoms with E-state index >= 15 is 0 Å². The van der Waals surface area contributed by atoms with E-state index in [1.807, 2.05) is 42.0 Å². The first-order chi connectivity index (χ1) is 12.0. The van der Waals surface area contributed by atoms with Crippen molar-refractivity contribution in [3.63, 3.8) is 0 Å². The van der Waals surface area contributed by atoms with E-state index in [0.717, 1.165) is 10.9 Å². The van der Waals surface area contributed by atoms with Crippen LogP contribution >= 0.6 is 11.6 Å². The van der Waals surface area contributed by atoms with E-state index in [9.17, 15) is 9.59 Å². The third-order valence-electron chi connectivity index (χ3n) is 4.38. The number of Topliss-reactive ketones (excluding diaryl/α,β-unsaturated/α-hetero) is 1. The van der Waals surface area contributed by atoms with Crippen LogP contribution in [-0.4, -0.2) is 22.9 Å². The molecule has 0 fully saturated rings. The summed E-state index contributed by atoms with van der Waals surface area (Å²) in [6.07, 6.45) is 1.88. The van der Waals surface area contributed by atoms with Crippen molar-refractivity contribution >= 4 is 39.9 Å². The molecular weight excluding hydrogens is 340 g/mol. The lowest BCUT2D eigenvalue weighted by Crippen LogP contribution is -2.25. The molecule has 1 aliphatic heterocycles. The second-order valence-corrected chi connectivity index (χ2v) is 6.45. The molecule has 6 heteroatoms. The minimum absolute atomic E-state index is 0.00535. The zero-order valence-electron chi connectivity index (χ0n) is 13.5. The maximum atomic E-state index is 12.9. The second kappa shape index (κ2) is 5.93. The van der Waals surface area contributed by atoms with Crippen LogP contribution in [0.2, 0.25) is 5.02 Å². The number of aromatic nitrogens is 1. The predicted octanol–water partition coefficient (Wildman–Crippen LogP) is 4.07. The largest absolute Gasteiger partial charge is 0.482 e. The Kier molecular flexibility index (Phi) is 3.73. The Morgan fingerprint density at radius 1 is 1.24 bits per heavy atom. The molecule has 0 saturated carbocycles. The number of nitrogens with one attached hydrogen (secondary N) is 1. The Labute approximate surface area is 149 Å². The van der Waals surface area contributed by atoms with Gasteiger partial charge in [0.05, 0.1) is 11.7 Å². The summed E-state index contributed by atoms with van der Waals surface area (Å²) in [4.78, 5) is 24.4. The number of hydrogen-bond donors (Lipinski definition) is 1. The molecule has 0 spiro atoms. The van der Waals surface area contributed by atoms with Crippen molar-refractivity contribution in [2.45, 2.75) is 13.0 Å². The van der Waals surface area contributed by atoms with Gasteiger partial charge >= 0.3 is 0 Å². The monoisotopic (exact) mass is 354 g/mol. The van der Waals surface area contributed by atoms with Crippen molar-refractivity contribution in [2.75, 3.05) is 11.9 Å². The van der Waals surface area contributed by atoms with Gasteiger partial charge in [0.25, 0.3) is 5.91 Å². The first-order valence-corrected chi connectivity index (χ1v) is 8.28. The maximum absolute atomic E-state index is 12.9. The first kappa shape index (κ1) is 15.7. The molecule has 25 heavy (non-hydrogen) atoms. The van der Waals surface area contributed by atoms with Gasteiger partial charge in [-0.2, -0.15) is 0 Å². The maximum Gasteiger partial charge on any atom is 0.262 e. The quantitative estimate of drug-likeness (QED) is 0.721. The Morgan fingerprint density at radius 3 is 2.92 bits per heavy atom. The Morgan fingerprint density at radius 2 is 2.08 bits per heavy atom. The fourth-order valence-electron chi connectivity index (χ4n) is 3.08. The smallest absolute Gasteiger partial charge is 0.262 e. The highest BCUT2D eigenvalue weighted by Gasteiger charge is 2.22. The fraction of sp³-hybridized carbons (Fsp3) is 0.158. The molecule has 1 aromatic heterocycles. The van der Waals surface area contributed by atoms with Gasteiger partial charge in [-0.3, -0.25) is 9.59 Å². The van der Waals surface area contributed by atoms with Gasteiger partial charge in [0.1, 0.15) is 5.75 Å². The molecule has 1 amide bonds. The Balaban J connectivity index is 1.68. The van der Waals surface area contributed by atoms with Crippen LogP contribution in [0.4, 0.5) is 5.69 Å². The number of hydrogen-bond acceptors (Lipinski definition) is 3. The number of halogens is 1. The van der Waals surface area contributed by atoms with E-state index < -0.39 is 6.04 Å². The summed E-state index contributed by atoms with van der Waals surface area (Å²) in [7, 11) is 0. The molecule has 0 radical (unpaired) electrons. The van der Waals surface area contributed by atoms with Crippen molar-refractivity contribution in [2.24, 2.45) is 0 Å². The Bertz CT molecular complexity index is 1010. The van der Waals surface area contributed by atoms with Crippen LogP contribution in [0.25, 0.3) is 10.9 Å².